The normalized spacial score (nSPS) is 11.6. The van der Waals surface area contributed by atoms with Gasteiger partial charge >= 0.3 is 0 Å². The van der Waals surface area contributed by atoms with Gasteiger partial charge in [0.1, 0.15) is 0 Å². The summed E-state index contributed by atoms with van der Waals surface area (Å²) in [6, 6.07) is 12.7. The van der Waals surface area contributed by atoms with Crippen LogP contribution in [0.5, 0.6) is 0 Å². The summed E-state index contributed by atoms with van der Waals surface area (Å²) >= 11 is 1.27. The van der Waals surface area contributed by atoms with E-state index >= 15 is 0 Å². The second-order valence-corrected chi connectivity index (χ2v) is 8.86. The maximum Gasteiger partial charge on any atom is 0.230 e. The molecule has 0 unspecified atom stereocenters. The molecule has 0 fully saturated rings. The number of benzene rings is 2. The van der Waals surface area contributed by atoms with Gasteiger partial charge < -0.3 is 5.32 Å². The number of carbonyl (C=O) groups is 1. The summed E-state index contributed by atoms with van der Waals surface area (Å²) in [5.74, 6) is -0.147. The van der Waals surface area contributed by atoms with Gasteiger partial charge in [0, 0.05) is 6.26 Å². The lowest BCUT2D eigenvalue weighted by atomic mass is 10.1. The molecule has 3 aromatic rings. The number of nitrogens with one attached hydrogen (secondary N) is 1. The van der Waals surface area contributed by atoms with E-state index in [0.29, 0.717) is 10.6 Å². The highest BCUT2D eigenvalue weighted by Gasteiger charge is 2.12. The second kappa shape index (κ2) is 6.93. The van der Waals surface area contributed by atoms with Gasteiger partial charge in [-0.25, -0.2) is 13.4 Å². The van der Waals surface area contributed by atoms with E-state index in [4.69, 9.17) is 0 Å². The van der Waals surface area contributed by atoms with Gasteiger partial charge in [0.15, 0.2) is 15.0 Å². The number of nitrogens with zero attached hydrogens (tertiary/aromatic N) is 1. The highest BCUT2D eigenvalue weighted by Crippen LogP contribution is 2.28. The van der Waals surface area contributed by atoms with E-state index < -0.39 is 9.84 Å². The van der Waals surface area contributed by atoms with E-state index in [1.165, 1.54) is 29.2 Å². The average Bonchev–Trinajstić information content (AvgIpc) is 2.95. The van der Waals surface area contributed by atoms with Crippen molar-refractivity contribution in [1.29, 1.82) is 0 Å². The number of hydrogen-bond acceptors (Lipinski definition) is 5. The molecular weight excluding hydrogens is 356 g/mol. The van der Waals surface area contributed by atoms with Crippen LogP contribution in [0.15, 0.2) is 47.4 Å². The minimum atomic E-state index is -3.26. The molecule has 7 heteroatoms. The molecule has 0 spiro atoms. The van der Waals surface area contributed by atoms with Gasteiger partial charge in [-0.05, 0) is 35.7 Å². The molecule has 0 aliphatic rings. The van der Waals surface area contributed by atoms with Gasteiger partial charge in [-0.3, -0.25) is 4.79 Å². The maximum absolute atomic E-state index is 12.2. The fourth-order valence-electron chi connectivity index (χ4n) is 2.43. The predicted octanol–water partition coefficient (Wildman–Crippen LogP) is 3.44. The molecule has 1 N–H and O–H groups in total. The summed E-state index contributed by atoms with van der Waals surface area (Å²) in [7, 11) is -3.26. The Labute approximate surface area is 150 Å². The van der Waals surface area contributed by atoms with Crippen molar-refractivity contribution < 1.29 is 13.2 Å². The first kappa shape index (κ1) is 17.6. The SMILES string of the molecule is CCc1ccc(CC(=O)Nc2nc3ccc(S(C)(=O)=O)cc3s2)cc1. The van der Waals surface area contributed by atoms with Crippen molar-refractivity contribution in [1.82, 2.24) is 4.98 Å². The molecule has 5 nitrogen and oxygen atoms in total. The van der Waals surface area contributed by atoms with Gasteiger partial charge in [-0.2, -0.15) is 0 Å². The molecule has 3 rings (SSSR count). The highest BCUT2D eigenvalue weighted by atomic mass is 32.2. The number of thiazole rings is 1. The number of fused-ring (bicyclic) bond motifs is 1. The van der Waals surface area contributed by atoms with Gasteiger partial charge in [0.05, 0.1) is 21.5 Å². The van der Waals surface area contributed by atoms with Gasteiger partial charge in [-0.15, -0.1) is 0 Å². The van der Waals surface area contributed by atoms with E-state index in [1.807, 2.05) is 24.3 Å². The zero-order valence-electron chi connectivity index (χ0n) is 13.9. The van der Waals surface area contributed by atoms with Crippen LogP contribution in [0.1, 0.15) is 18.1 Å². The standard InChI is InChI=1S/C18H18N2O3S2/c1-3-12-4-6-13(7-5-12)10-17(21)20-18-19-15-9-8-14(25(2,22)23)11-16(15)24-18/h4-9,11H,3,10H2,1-2H3,(H,19,20,21). The lowest BCUT2D eigenvalue weighted by Crippen LogP contribution is -2.14. The Morgan fingerprint density at radius 2 is 1.80 bits per heavy atom. The Morgan fingerprint density at radius 1 is 1.12 bits per heavy atom. The van der Waals surface area contributed by atoms with Crippen molar-refractivity contribution in [3.8, 4) is 0 Å². The summed E-state index contributed by atoms with van der Waals surface area (Å²) in [5, 5.41) is 3.25. The van der Waals surface area contributed by atoms with Crippen LogP contribution in [-0.2, 0) is 27.5 Å². The second-order valence-electron chi connectivity index (χ2n) is 5.82. The predicted molar refractivity (Wildman–Crippen MR) is 101 cm³/mol. The van der Waals surface area contributed by atoms with E-state index in [2.05, 4.69) is 17.2 Å². The van der Waals surface area contributed by atoms with E-state index in [-0.39, 0.29) is 17.2 Å². The first-order valence-corrected chi connectivity index (χ1v) is 10.5. The van der Waals surface area contributed by atoms with Gasteiger partial charge in [-0.1, -0.05) is 42.5 Å². The number of hydrogen-bond donors (Lipinski definition) is 1. The molecule has 0 aliphatic heterocycles. The molecule has 0 saturated heterocycles. The highest BCUT2D eigenvalue weighted by molar-refractivity contribution is 7.90. The first-order chi connectivity index (χ1) is 11.8. The fourth-order valence-corrected chi connectivity index (χ4v) is 4.07. The van der Waals surface area contributed by atoms with Crippen LogP contribution in [0.2, 0.25) is 0 Å². The minimum absolute atomic E-state index is 0.147. The van der Waals surface area contributed by atoms with Crippen molar-refractivity contribution >= 4 is 42.4 Å². The Morgan fingerprint density at radius 3 is 2.44 bits per heavy atom. The quantitative estimate of drug-likeness (QED) is 0.742. The van der Waals surface area contributed by atoms with Crippen LogP contribution in [0.25, 0.3) is 10.2 Å². The van der Waals surface area contributed by atoms with Crippen LogP contribution >= 0.6 is 11.3 Å². The van der Waals surface area contributed by atoms with Crippen LogP contribution in [-0.4, -0.2) is 25.6 Å². The fraction of sp³-hybridized carbons (Fsp3) is 0.222. The van der Waals surface area contributed by atoms with E-state index in [9.17, 15) is 13.2 Å². The third-order valence-electron chi connectivity index (χ3n) is 3.83. The summed E-state index contributed by atoms with van der Waals surface area (Å²) in [6.07, 6.45) is 2.41. The smallest absolute Gasteiger partial charge is 0.230 e. The van der Waals surface area contributed by atoms with Crippen LogP contribution < -0.4 is 5.32 Å². The Kier molecular flexibility index (Phi) is 4.87. The van der Waals surface area contributed by atoms with Crippen LogP contribution in [0.3, 0.4) is 0 Å². The number of rotatable bonds is 5. The van der Waals surface area contributed by atoms with Crippen LogP contribution in [0.4, 0.5) is 5.13 Å². The molecule has 0 saturated carbocycles. The maximum atomic E-state index is 12.2. The molecule has 0 atom stereocenters. The van der Waals surface area contributed by atoms with Crippen LogP contribution in [0, 0.1) is 0 Å². The largest absolute Gasteiger partial charge is 0.302 e. The third kappa shape index (κ3) is 4.24. The number of carbonyl (C=O) groups excluding carboxylic acids is 1. The zero-order chi connectivity index (χ0) is 18.0. The topological polar surface area (TPSA) is 76.1 Å². The molecular formula is C18H18N2O3S2. The first-order valence-electron chi connectivity index (χ1n) is 7.83. The molecule has 2 aromatic carbocycles. The Hall–Kier alpha value is -2.25. The number of amides is 1. The number of aryl methyl sites for hydroxylation is 1. The Bertz CT molecular complexity index is 1020. The molecule has 1 amide bonds. The molecule has 25 heavy (non-hydrogen) atoms. The summed E-state index contributed by atoms with van der Waals surface area (Å²) in [4.78, 5) is 16.8. The molecule has 1 aromatic heterocycles. The summed E-state index contributed by atoms with van der Waals surface area (Å²) < 4.78 is 24.0. The van der Waals surface area contributed by atoms with Crippen molar-refractivity contribution in [2.75, 3.05) is 11.6 Å². The number of anilines is 1. The third-order valence-corrected chi connectivity index (χ3v) is 5.87. The van der Waals surface area contributed by atoms with Crippen molar-refractivity contribution in [3.05, 3.63) is 53.6 Å². The van der Waals surface area contributed by atoms with Crippen molar-refractivity contribution in [3.63, 3.8) is 0 Å². The Balaban J connectivity index is 1.74. The molecule has 0 bridgehead atoms. The van der Waals surface area contributed by atoms with E-state index in [0.717, 1.165) is 16.7 Å². The summed E-state index contributed by atoms with van der Waals surface area (Å²) in [5.41, 5.74) is 2.84. The van der Waals surface area contributed by atoms with Crippen molar-refractivity contribution in [2.45, 2.75) is 24.7 Å². The number of aromatic nitrogens is 1. The molecule has 0 radical (unpaired) electrons. The van der Waals surface area contributed by atoms with E-state index in [1.54, 1.807) is 12.1 Å². The number of sulfone groups is 1. The summed E-state index contributed by atoms with van der Waals surface area (Å²) in [6.45, 7) is 2.09. The van der Waals surface area contributed by atoms with Crippen molar-refractivity contribution in [2.24, 2.45) is 0 Å². The molecule has 1 heterocycles. The zero-order valence-corrected chi connectivity index (χ0v) is 15.6. The van der Waals surface area contributed by atoms with Gasteiger partial charge in [0.2, 0.25) is 5.91 Å². The minimum Gasteiger partial charge on any atom is -0.302 e. The lowest BCUT2D eigenvalue weighted by molar-refractivity contribution is -0.115. The lowest BCUT2D eigenvalue weighted by Gasteiger charge is -2.03. The van der Waals surface area contributed by atoms with Gasteiger partial charge in [0.25, 0.3) is 0 Å². The average molecular weight is 374 g/mol. The molecule has 0 aliphatic carbocycles. The molecule has 130 valence electrons. The monoisotopic (exact) mass is 374 g/mol.